The highest BCUT2D eigenvalue weighted by Crippen LogP contribution is 2.33. The molecule has 1 aromatic heterocycles. The summed E-state index contributed by atoms with van der Waals surface area (Å²) in [6.45, 7) is 2.26. The number of halogens is 1. The zero-order valence-corrected chi connectivity index (χ0v) is 12.1. The van der Waals surface area contributed by atoms with Crippen molar-refractivity contribution in [3.63, 3.8) is 0 Å². The molecule has 6 heteroatoms. The molecule has 2 aliphatic rings. The molecular formula is C13H20ClN5. The minimum atomic E-state index is 0.312. The van der Waals surface area contributed by atoms with E-state index in [9.17, 15) is 0 Å². The van der Waals surface area contributed by atoms with E-state index >= 15 is 0 Å². The van der Waals surface area contributed by atoms with Gasteiger partial charge in [-0.3, -0.25) is 10.9 Å². The highest BCUT2D eigenvalue weighted by atomic mass is 35.5. The number of hydrogen-bond acceptors (Lipinski definition) is 5. The summed E-state index contributed by atoms with van der Waals surface area (Å²) in [6, 6.07) is 3.56. The van der Waals surface area contributed by atoms with Crippen molar-refractivity contribution in [2.45, 2.75) is 44.3 Å². The summed E-state index contributed by atoms with van der Waals surface area (Å²) in [4.78, 5) is 10.5. The summed E-state index contributed by atoms with van der Waals surface area (Å²) in [7, 11) is 2.09. The SMILES string of the molecule is CC1NNC2CC(N(C)c3ccnc(Cl)n3)CCC12. The van der Waals surface area contributed by atoms with Gasteiger partial charge >= 0.3 is 0 Å². The zero-order chi connectivity index (χ0) is 13.4. The molecule has 1 saturated carbocycles. The highest BCUT2D eigenvalue weighted by Gasteiger charge is 2.39. The van der Waals surface area contributed by atoms with Crippen LogP contribution in [0.5, 0.6) is 0 Å². The van der Waals surface area contributed by atoms with Crippen molar-refractivity contribution in [2.24, 2.45) is 5.92 Å². The Bertz CT molecular complexity index is 454. The van der Waals surface area contributed by atoms with Crippen LogP contribution in [0.4, 0.5) is 5.82 Å². The fourth-order valence-corrected chi connectivity index (χ4v) is 3.49. The quantitative estimate of drug-likeness (QED) is 0.807. The van der Waals surface area contributed by atoms with Crippen LogP contribution in [0.25, 0.3) is 0 Å². The lowest BCUT2D eigenvalue weighted by atomic mass is 9.79. The molecule has 5 nitrogen and oxygen atoms in total. The van der Waals surface area contributed by atoms with E-state index in [-0.39, 0.29) is 0 Å². The molecule has 2 N–H and O–H groups in total. The molecule has 0 bridgehead atoms. The van der Waals surface area contributed by atoms with Crippen LogP contribution in [-0.2, 0) is 0 Å². The first-order chi connectivity index (χ1) is 9.15. The van der Waals surface area contributed by atoms with E-state index in [1.807, 2.05) is 6.07 Å². The first kappa shape index (κ1) is 13.1. The van der Waals surface area contributed by atoms with Crippen LogP contribution < -0.4 is 15.8 Å². The lowest BCUT2D eigenvalue weighted by Crippen LogP contribution is -2.44. The van der Waals surface area contributed by atoms with Crippen LogP contribution in [0.2, 0.25) is 5.28 Å². The fourth-order valence-electron chi connectivity index (χ4n) is 3.34. The zero-order valence-electron chi connectivity index (χ0n) is 11.3. The van der Waals surface area contributed by atoms with Crippen molar-refractivity contribution in [1.82, 2.24) is 20.8 Å². The van der Waals surface area contributed by atoms with Crippen LogP contribution in [0.3, 0.4) is 0 Å². The molecule has 2 heterocycles. The van der Waals surface area contributed by atoms with Crippen molar-refractivity contribution < 1.29 is 0 Å². The molecule has 4 atom stereocenters. The topological polar surface area (TPSA) is 53.1 Å². The van der Waals surface area contributed by atoms with Crippen LogP contribution >= 0.6 is 11.6 Å². The molecule has 0 spiro atoms. The van der Waals surface area contributed by atoms with E-state index in [4.69, 9.17) is 11.6 Å². The molecule has 0 aromatic carbocycles. The number of nitrogens with one attached hydrogen (secondary N) is 2. The van der Waals surface area contributed by atoms with Crippen molar-refractivity contribution in [3.8, 4) is 0 Å². The first-order valence-corrected chi connectivity index (χ1v) is 7.25. The molecule has 3 rings (SSSR count). The summed E-state index contributed by atoms with van der Waals surface area (Å²) in [5, 5.41) is 0.312. The Kier molecular flexibility index (Phi) is 3.60. The first-order valence-electron chi connectivity index (χ1n) is 6.87. The van der Waals surface area contributed by atoms with Gasteiger partial charge in [0.2, 0.25) is 5.28 Å². The van der Waals surface area contributed by atoms with E-state index in [0.29, 0.717) is 23.4 Å². The molecule has 1 aliphatic heterocycles. The maximum atomic E-state index is 5.86. The van der Waals surface area contributed by atoms with Crippen molar-refractivity contribution in [3.05, 3.63) is 17.5 Å². The molecule has 4 unspecified atom stereocenters. The molecule has 1 aliphatic carbocycles. The number of nitrogens with zero attached hydrogens (tertiary/aromatic N) is 3. The number of hydrogen-bond donors (Lipinski definition) is 2. The Morgan fingerprint density at radius 3 is 3.00 bits per heavy atom. The summed E-state index contributed by atoms with van der Waals surface area (Å²) in [6.07, 6.45) is 5.30. The maximum Gasteiger partial charge on any atom is 0.224 e. The Balaban J connectivity index is 1.70. The highest BCUT2D eigenvalue weighted by molar-refractivity contribution is 6.28. The molecule has 1 saturated heterocycles. The average molecular weight is 282 g/mol. The standard InChI is InChI=1S/C13H20ClN5/c1-8-10-4-3-9(7-11(10)18-17-8)19(2)12-5-6-15-13(14)16-12/h5-6,8-11,17-18H,3-4,7H2,1-2H3. The van der Waals surface area contributed by atoms with Gasteiger partial charge in [-0.25, -0.2) is 9.97 Å². The van der Waals surface area contributed by atoms with E-state index in [0.717, 1.165) is 18.2 Å². The van der Waals surface area contributed by atoms with Gasteiger partial charge in [-0.2, -0.15) is 0 Å². The lowest BCUT2D eigenvalue weighted by molar-refractivity contribution is 0.280. The third kappa shape index (κ3) is 2.55. The number of fused-ring (bicyclic) bond motifs is 1. The minimum Gasteiger partial charge on any atom is -0.356 e. The van der Waals surface area contributed by atoms with E-state index in [2.05, 4.69) is 39.7 Å². The summed E-state index contributed by atoms with van der Waals surface area (Å²) in [5.74, 6) is 1.65. The summed E-state index contributed by atoms with van der Waals surface area (Å²) < 4.78 is 0. The Labute approximate surface area is 118 Å². The second kappa shape index (κ2) is 5.23. The van der Waals surface area contributed by atoms with Crippen LogP contribution in [-0.4, -0.2) is 35.1 Å². The lowest BCUT2D eigenvalue weighted by Gasteiger charge is -2.37. The number of rotatable bonds is 2. The molecule has 2 fully saturated rings. The summed E-state index contributed by atoms with van der Waals surface area (Å²) in [5.41, 5.74) is 6.78. The van der Waals surface area contributed by atoms with Crippen molar-refractivity contribution in [1.29, 1.82) is 0 Å². The molecular weight excluding hydrogens is 262 g/mol. The van der Waals surface area contributed by atoms with Gasteiger partial charge in [0.1, 0.15) is 5.82 Å². The predicted molar refractivity (Wildman–Crippen MR) is 76.1 cm³/mol. The van der Waals surface area contributed by atoms with Gasteiger partial charge in [-0.15, -0.1) is 0 Å². The largest absolute Gasteiger partial charge is 0.356 e. The van der Waals surface area contributed by atoms with E-state index in [1.165, 1.54) is 12.8 Å². The molecule has 0 radical (unpaired) electrons. The Morgan fingerprint density at radius 2 is 2.21 bits per heavy atom. The average Bonchev–Trinajstić information content (AvgIpc) is 2.79. The normalized spacial score (nSPS) is 34.1. The number of anilines is 1. The summed E-state index contributed by atoms with van der Waals surface area (Å²) >= 11 is 5.86. The van der Waals surface area contributed by atoms with Gasteiger partial charge in [0.15, 0.2) is 0 Å². The van der Waals surface area contributed by atoms with Gasteiger partial charge in [-0.1, -0.05) is 0 Å². The molecule has 104 valence electrons. The van der Waals surface area contributed by atoms with Crippen LogP contribution in [0, 0.1) is 5.92 Å². The second-order valence-electron chi connectivity index (χ2n) is 5.61. The van der Waals surface area contributed by atoms with Crippen LogP contribution in [0.1, 0.15) is 26.2 Å². The fraction of sp³-hybridized carbons (Fsp3) is 0.692. The molecule has 1 aromatic rings. The van der Waals surface area contributed by atoms with E-state index < -0.39 is 0 Å². The minimum absolute atomic E-state index is 0.312. The third-order valence-electron chi connectivity index (χ3n) is 4.54. The van der Waals surface area contributed by atoms with Crippen LogP contribution in [0.15, 0.2) is 12.3 Å². The molecule has 0 amide bonds. The van der Waals surface area contributed by atoms with Crippen molar-refractivity contribution in [2.75, 3.05) is 11.9 Å². The van der Waals surface area contributed by atoms with Gasteiger partial charge < -0.3 is 4.90 Å². The molecule has 19 heavy (non-hydrogen) atoms. The number of hydrazine groups is 1. The smallest absolute Gasteiger partial charge is 0.224 e. The Morgan fingerprint density at radius 1 is 1.37 bits per heavy atom. The van der Waals surface area contributed by atoms with Gasteiger partial charge in [0, 0.05) is 31.4 Å². The van der Waals surface area contributed by atoms with E-state index in [1.54, 1.807) is 6.20 Å². The third-order valence-corrected chi connectivity index (χ3v) is 4.72. The van der Waals surface area contributed by atoms with Gasteiger partial charge in [0.05, 0.1) is 0 Å². The Hall–Kier alpha value is -0.910. The number of aromatic nitrogens is 2. The van der Waals surface area contributed by atoms with Gasteiger partial charge in [-0.05, 0) is 49.8 Å². The monoisotopic (exact) mass is 281 g/mol. The maximum absolute atomic E-state index is 5.86. The predicted octanol–water partition coefficient (Wildman–Crippen LogP) is 1.60. The van der Waals surface area contributed by atoms with Gasteiger partial charge in [0.25, 0.3) is 0 Å². The van der Waals surface area contributed by atoms with Crippen molar-refractivity contribution >= 4 is 17.4 Å². The second-order valence-corrected chi connectivity index (χ2v) is 5.95.